The third kappa shape index (κ3) is 3.16. The van der Waals surface area contributed by atoms with E-state index in [4.69, 9.17) is 9.97 Å². The van der Waals surface area contributed by atoms with Crippen LogP contribution in [0.3, 0.4) is 0 Å². The molecule has 2 heterocycles. The number of ketones is 1. The molecule has 1 saturated heterocycles. The van der Waals surface area contributed by atoms with Gasteiger partial charge in [0.25, 0.3) is 0 Å². The summed E-state index contributed by atoms with van der Waals surface area (Å²) in [6, 6.07) is 12.2. The van der Waals surface area contributed by atoms with E-state index in [0.717, 1.165) is 36.0 Å². The van der Waals surface area contributed by atoms with E-state index in [9.17, 15) is 4.79 Å². The lowest BCUT2D eigenvalue weighted by molar-refractivity contribution is -0.119. The molecule has 22 heavy (non-hydrogen) atoms. The minimum absolute atomic E-state index is 0.272. The van der Waals surface area contributed by atoms with E-state index >= 15 is 0 Å². The van der Waals surface area contributed by atoms with E-state index < -0.39 is 0 Å². The molecular weight excluding hydrogens is 274 g/mol. The van der Waals surface area contributed by atoms with Crippen LogP contribution in [0.2, 0.25) is 0 Å². The number of hydrogen-bond acceptors (Lipinski definition) is 4. The third-order valence-electron chi connectivity index (χ3n) is 3.96. The highest BCUT2D eigenvalue weighted by Crippen LogP contribution is 2.25. The number of carbonyl (C=O) groups excluding carboxylic acids is 1. The fraction of sp³-hybridized carbons (Fsp3) is 0.389. The van der Waals surface area contributed by atoms with Crippen LogP contribution < -0.4 is 4.90 Å². The number of benzene rings is 1. The van der Waals surface area contributed by atoms with Crippen LogP contribution in [-0.2, 0) is 4.79 Å². The SMILES string of the molecule is CC(C)c1nc(-c2ccccc2)cc(N2CCC(=O)CC2)n1. The van der Waals surface area contributed by atoms with E-state index in [0.29, 0.717) is 18.6 Å². The molecule has 0 N–H and O–H groups in total. The Morgan fingerprint density at radius 3 is 2.36 bits per heavy atom. The molecular formula is C18H21N3O. The summed E-state index contributed by atoms with van der Waals surface area (Å²) < 4.78 is 0. The molecule has 0 amide bonds. The monoisotopic (exact) mass is 295 g/mol. The molecule has 4 nitrogen and oxygen atoms in total. The quantitative estimate of drug-likeness (QED) is 0.870. The highest BCUT2D eigenvalue weighted by Gasteiger charge is 2.19. The highest BCUT2D eigenvalue weighted by molar-refractivity contribution is 5.81. The van der Waals surface area contributed by atoms with Crippen molar-refractivity contribution in [3.63, 3.8) is 0 Å². The molecule has 0 spiro atoms. The van der Waals surface area contributed by atoms with Gasteiger partial charge in [0.15, 0.2) is 0 Å². The molecule has 1 aliphatic heterocycles. The van der Waals surface area contributed by atoms with Crippen molar-refractivity contribution < 1.29 is 4.79 Å². The first-order chi connectivity index (χ1) is 10.6. The van der Waals surface area contributed by atoms with Crippen molar-refractivity contribution in [1.82, 2.24) is 9.97 Å². The van der Waals surface area contributed by atoms with E-state index in [1.165, 1.54) is 0 Å². The Balaban J connectivity index is 1.99. The summed E-state index contributed by atoms with van der Waals surface area (Å²) in [4.78, 5) is 23.1. The maximum absolute atomic E-state index is 11.4. The van der Waals surface area contributed by atoms with E-state index in [-0.39, 0.29) is 5.92 Å². The van der Waals surface area contributed by atoms with Gasteiger partial charge in [-0.15, -0.1) is 0 Å². The van der Waals surface area contributed by atoms with Gasteiger partial charge in [0.1, 0.15) is 17.4 Å². The topological polar surface area (TPSA) is 46.1 Å². The predicted octanol–water partition coefficient (Wildman–Crippen LogP) is 3.44. The van der Waals surface area contributed by atoms with Crippen LogP contribution in [-0.4, -0.2) is 28.8 Å². The number of rotatable bonds is 3. The average Bonchev–Trinajstić information content (AvgIpc) is 2.56. The molecule has 1 fully saturated rings. The maximum Gasteiger partial charge on any atom is 0.136 e. The molecule has 0 unspecified atom stereocenters. The number of aromatic nitrogens is 2. The standard InChI is InChI=1S/C18H21N3O/c1-13(2)18-19-16(14-6-4-3-5-7-14)12-17(20-18)21-10-8-15(22)9-11-21/h3-7,12-13H,8-11H2,1-2H3. The fourth-order valence-electron chi connectivity index (χ4n) is 2.61. The lowest BCUT2D eigenvalue weighted by Crippen LogP contribution is -2.34. The average molecular weight is 295 g/mol. The summed E-state index contributed by atoms with van der Waals surface area (Å²) in [5.41, 5.74) is 2.05. The summed E-state index contributed by atoms with van der Waals surface area (Å²) in [5.74, 6) is 2.41. The largest absolute Gasteiger partial charge is 0.356 e. The zero-order chi connectivity index (χ0) is 15.5. The third-order valence-corrected chi connectivity index (χ3v) is 3.96. The second-order valence-corrected chi connectivity index (χ2v) is 6.02. The second kappa shape index (κ2) is 6.26. The molecule has 0 aliphatic carbocycles. The van der Waals surface area contributed by atoms with Gasteiger partial charge >= 0.3 is 0 Å². The van der Waals surface area contributed by atoms with Crippen molar-refractivity contribution in [2.75, 3.05) is 18.0 Å². The van der Waals surface area contributed by atoms with Crippen molar-refractivity contribution in [2.45, 2.75) is 32.6 Å². The van der Waals surface area contributed by atoms with Gasteiger partial charge in [-0.2, -0.15) is 0 Å². The number of hydrogen-bond donors (Lipinski definition) is 0. The molecule has 2 aromatic rings. The van der Waals surface area contributed by atoms with Gasteiger partial charge in [0.05, 0.1) is 5.69 Å². The van der Waals surface area contributed by atoms with Crippen LogP contribution >= 0.6 is 0 Å². The second-order valence-electron chi connectivity index (χ2n) is 6.02. The van der Waals surface area contributed by atoms with Gasteiger partial charge in [-0.1, -0.05) is 44.2 Å². The van der Waals surface area contributed by atoms with Crippen molar-refractivity contribution in [3.8, 4) is 11.3 Å². The molecule has 1 aliphatic rings. The molecule has 0 bridgehead atoms. The van der Waals surface area contributed by atoms with Crippen LogP contribution in [0.5, 0.6) is 0 Å². The molecule has 4 heteroatoms. The fourth-order valence-corrected chi connectivity index (χ4v) is 2.61. The maximum atomic E-state index is 11.4. The van der Waals surface area contributed by atoms with Crippen molar-refractivity contribution in [2.24, 2.45) is 0 Å². The Labute approximate surface area is 131 Å². The molecule has 0 radical (unpaired) electrons. The first-order valence-corrected chi connectivity index (χ1v) is 7.84. The molecule has 114 valence electrons. The molecule has 1 aromatic heterocycles. The van der Waals surface area contributed by atoms with Crippen LogP contribution in [0.25, 0.3) is 11.3 Å². The smallest absolute Gasteiger partial charge is 0.136 e. The van der Waals surface area contributed by atoms with Crippen molar-refractivity contribution in [1.29, 1.82) is 0 Å². The van der Waals surface area contributed by atoms with E-state index in [1.807, 2.05) is 24.3 Å². The number of Topliss-reactive ketones (excluding diaryl/α,β-unsaturated/α-hetero) is 1. The Hall–Kier alpha value is -2.23. The van der Waals surface area contributed by atoms with Crippen LogP contribution in [0.1, 0.15) is 38.4 Å². The van der Waals surface area contributed by atoms with Crippen molar-refractivity contribution in [3.05, 3.63) is 42.2 Å². The molecule has 0 atom stereocenters. The molecule has 0 saturated carbocycles. The lowest BCUT2D eigenvalue weighted by atomic mass is 10.1. The molecule has 3 rings (SSSR count). The number of carbonyl (C=O) groups is 1. The zero-order valence-electron chi connectivity index (χ0n) is 13.1. The number of nitrogens with zero attached hydrogens (tertiary/aromatic N) is 3. The minimum atomic E-state index is 0.272. The zero-order valence-corrected chi connectivity index (χ0v) is 13.1. The van der Waals surface area contributed by atoms with Gasteiger partial charge < -0.3 is 4.90 Å². The summed E-state index contributed by atoms with van der Waals surface area (Å²) in [7, 11) is 0. The van der Waals surface area contributed by atoms with Crippen molar-refractivity contribution >= 4 is 11.6 Å². The Bertz CT molecular complexity index is 657. The summed E-state index contributed by atoms with van der Waals surface area (Å²) in [6.45, 7) is 5.71. The summed E-state index contributed by atoms with van der Waals surface area (Å²) in [6.07, 6.45) is 1.23. The van der Waals surface area contributed by atoms with Gasteiger partial charge in [0, 0.05) is 43.5 Å². The first kappa shape index (κ1) is 14.7. The number of anilines is 1. The normalized spacial score (nSPS) is 15.4. The van der Waals surface area contributed by atoms with Crippen LogP contribution in [0, 0.1) is 0 Å². The highest BCUT2D eigenvalue weighted by atomic mass is 16.1. The Morgan fingerprint density at radius 2 is 1.73 bits per heavy atom. The minimum Gasteiger partial charge on any atom is -0.356 e. The number of piperidine rings is 1. The molecule has 1 aromatic carbocycles. The Kier molecular flexibility index (Phi) is 4.18. The predicted molar refractivity (Wildman–Crippen MR) is 88.0 cm³/mol. The van der Waals surface area contributed by atoms with E-state index in [2.05, 4.69) is 30.9 Å². The van der Waals surface area contributed by atoms with Gasteiger partial charge in [-0.05, 0) is 0 Å². The van der Waals surface area contributed by atoms with Crippen LogP contribution in [0.15, 0.2) is 36.4 Å². The Morgan fingerprint density at radius 1 is 1.05 bits per heavy atom. The lowest BCUT2D eigenvalue weighted by Gasteiger charge is -2.28. The first-order valence-electron chi connectivity index (χ1n) is 7.84. The van der Waals surface area contributed by atoms with Gasteiger partial charge in [-0.3, -0.25) is 4.79 Å². The summed E-state index contributed by atoms with van der Waals surface area (Å²) in [5, 5.41) is 0. The van der Waals surface area contributed by atoms with Crippen LogP contribution in [0.4, 0.5) is 5.82 Å². The van der Waals surface area contributed by atoms with E-state index in [1.54, 1.807) is 0 Å². The summed E-state index contributed by atoms with van der Waals surface area (Å²) >= 11 is 0. The van der Waals surface area contributed by atoms with Gasteiger partial charge in [-0.25, -0.2) is 9.97 Å². The van der Waals surface area contributed by atoms with Gasteiger partial charge in [0.2, 0.25) is 0 Å².